The molecule has 0 spiro atoms. The zero-order chi connectivity index (χ0) is 31.9. The number of aromatic nitrogens is 3. The molecule has 5 rings (SSSR count). The molecule has 44 heavy (non-hydrogen) atoms. The Morgan fingerprint density at radius 3 is 2.52 bits per heavy atom. The van der Waals surface area contributed by atoms with Gasteiger partial charge in [0, 0.05) is 67.9 Å². The van der Waals surface area contributed by atoms with E-state index in [-0.39, 0.29) is 29.2 Å². The zero-order valence-electron chi connectivity index (χ0n) is 26.4. The molecule has 0 saturated carbocycles. The highest BCUT2D eigenvalue weighted by molar-refractivity contribution is 7.90. The lowest BCUT2D eigenvalue weighted by Gasteiger charge is -2.57. The number of pyridine rings is 1. The molecule has 1 atom stereocenters. The molecule has 0 bridgehead atoms. The molecule has 11 nitrogen and oxygen atoms in total. The topological polar surface area (TPSA) is 130 Å². The van der Waals surface area contributed by atoms with Crippen molar-refractivity contribution in [3.05, 3.63) is 54.9 Å². The Morgan fingerprint density at radius 2 is 1.89 bits per heavy atom. The summed E-state index contributed by atoms with van der Waals surface area (Å²) in [5.74, 6) is 1.77. The van der Waals surface area contributed by atoms with Crippen molar-refractivity contribution < 1.29 is 17.9 Å². The van der Waals surface area contributed by atoms with Crippen LogP contribution in [-0.4, -0.2) is 79.7 Å². The summed E-state index contributed by atoms with van der Waals surface area (Å²) in [5, 5.41) is 8.22. The van der Waals surface area contributed by atoms with Crippen LogP contribution in [0.5, 0.6) is 0 Å². The quantitative estimate of drug-likeness (QED) is 0.318. The standard InChI is InChI=1S/C32H43N7O4S/c1-8-29(40)37-31(2,3)25-9-10-26(39-19-21(32(39,4)5)20-44(7,41)42)24-18-34-28(17-23(24)25)35-27-11-14-33-30(36-27)38-15-12-22(43-6)13-16-38/h8-11,14,17-18,21-22H,1,12-13,15-16,19-20H2,2-7H3,(H,37,40)(H,33,34,35,36). The second kappa shape index (κ2) is 12.0. The number of nitrogens with zero attached hydrogens (tertiary/aromatic N) is 5. The number of benzene rings is 1. The van der Waals surface area contributed by atoms with E-state index in [0.717, 1.165) is 48.0 Å². The zero-order valence-corrected chi connectivity index (χ0v) is 27.2. The van der Waals surface area contributed by atoms with Gasteiger partial charge in [-0.3, -0.25) is 4.79 Å². The van der Waals surface area contributed by atoms with E-state index >= 15 is 0 Å². The van der Waals surface area contributed by atoms with Crippen LogP contribution in [0.2, 0.25) is 0 Å². The summed E-state index contributed by atoms with van der Waals surface area (Å²) in [4.78, 5) is 30.8. The highest BCUT2D eigenvalue weighted by Crippen LogP contribution is 2.45. The summed E-state index contributed by atoms with van der Waals surface area (Å²) in [7, 11) is -1.36. The Hall–Kier alpha value is -3.77. The van der Waals surface area contributed by atoms with E-state index in [1.165, 1.54) is 12.3 Å². The molecular formula is C32H43N7O4S. The van der Waals surface area contributed by atoms with Crippen molar-refractivity contribution in [1.29, 1.82) is 0 Å². The molecule has 3 aromatic rings. The van der Waals surface area contributed by atoms with Crippen molar-refractivity contribution in [3.63, 3.8) is 0 Å². The molecule has 12 heteroatoms. The maximum atomic E-state index is 12.4. The number of methoxy groups -OCH3 is 1. The van der Waals surface area contributed by atoms with Gasteiger partial charge in [-0.15, -0.1) is 0 Å². The van der Waals surface area contributed by atoms with Crippen molar-refractivity contribution in [3.8, 4) is 0 Å². The Morgan fingerprint density at radius 1 is 1.16 bits per heavy atom. The van der Waals surface area contributed by atoms with Gasteiger partial charge in [-0.05, 0) is 75.8 Å². The Labute approximate surface area is 260 Å². The van der Waals surface area contributed by atoms with E-state index in [0.29, 0.717) is 24.1 Å². The lowest BCUT2D eigenvalue weighted by Crippen LogP contribution is -2.66. The van der Waals surface area contributed by atoms with Crippen LogP contribution in [0.25, 0.3) is 10.8 Å². The summed E-state index contributed by atoms with van der Waals surface area (Å²) < 4.78 is 29.7. The van der Waals surface area contributed by atoms with E-state index in [2.05, 4.69) is 45.8 Å². The minimum Gasteiger partial charge on any atom is -0.381 e. The third kappa shape index (κ3) is 6.51. The van der Waals surface area contributed by atoms with Gasteiger partial charge >= 0.3 is 0 Å². The molecule has 2 aromatic heterocycles. The first-order valence-electron chi connectivity index (χ1n) is 14.9. The second-order valence-electron chi connectivity index (χ2n) is 12.9. The number of sulfone groups is 1. The number of anilines is 4. The third-order valence-electron chi connectivity index (χ3n) is 9.02. The molecule has 2 saturated heterocycles. The molecule has 0 radical (unpaired) electrons. The molecule has 4 heterocycles. The molecule has 2 aliphatic heterocycles. The van der Waals surface area contributed by atoms with Crippen molar-refractivity contribution in [2.75, 3.05) is 53.9 Å². The Kier molecular flexibility index (Phi) is 8.60. The number of carbonyl (C=O) groups excluding carboxylic acids is 1. The van der Waals surface area contributed by atoms with Gasteiger partial charge in [0.2, 0.25) is 11.9 Å². The maximum absolute atomic E-state index is 12.4. The number of ether oxygens (including phenoxy) is 1. The lowest BCUT2D eigenvalue weighted by molar-refractivity contribution is -0.118. The molecule has 2 N–H and O–H groups in total. The minimum absolute atomic E-state index is 0.0108. The highest BCUT2D eigenvalue weighted by Gasteiger charge is 2.48. The van der Waals surface area contributed by atoms with Gasteiger partial charge in [0.25, 0.3) is 0 Å². The van der Waals surface area contributed by atoms with Crippen molar-refractivity contribution >= 4 is 49.8 Å². The molecule has 1 unspecified atom stereocenters. The van der Waals surface area contributed by atoms with Crippen LogP contribution in [0.1, 0.15) is 46.1 Å². The van der Waals surface area contributed by atoms with Gasteiger partial charge in [0.15, 0.2) is 0 Å². The fourth-order valence-corrected chi connectivity index (χ4v) is 7.55. The molecular weight excluding hydrogens is 578 g/mol. The van der Waals surface area contributed by atoms with E-state index < -0.39 is 15.4 Å². The van der Waals surface area contributed by atoms with Crippen LogP contribution < -0.4 is 20.4 Å². The molecule has 236 valence electrons. The number of rotatable bonds is 10. The van der Waals surface area contributed by atoms with Gasteiger partial charge in [0.05, 0.1) is 17.4 Å². The van der Waals surface area contributed by atoms with Crippen LogP contribution in [0.15, 0.2) is 49.3 Å². The van der Waals surface area contributed by atoms with Crippen LogP contribution in [-0.2, 0) is 24.9 Å². The van der Waals surface area contributed by atoms with Crippen LogP contribution in [0.4, 0.5) is 23.3 Å². The van der Waals surface area contributed by atoms with Gasteiger partial charge < -0.3 is 25.2 Å². The van der Waals surface area contributed by atoms with E-state index in [1.54, 1.807) is 13.3 Å². The predicted octanol–water partition coefficient (Wildman–Crippen LogP) is 4.18. The van der Waals surface area contributed by atoms with Crippen molar-refractivity contribution in [2.45, 2.75) is 57.7 Å². The largest absolute Gasteiger partial charge is 0.381 e. The van der Waals surface area contributed by atoms with E-state index in [1.807, 2.05) is 44.3 Å². The summed E-state index contributed by atoms with van der Waals surface area (Å²) >= 11 is 0. The van der Waals surface area contributed by atoms with Gasteiger partial charge in [-0.1, -0.05) is 12.6 Å². The van der Waals surface area contributed by atoms with E-state index in [9.17, 15) is 13.2 Å². The number of amides is 1. The van der Waals surface area contributed by atoms with Gasteiger partial charge in [-0.25, -0.2) is 18.4 Å². The smallest absolute Gasteiger partial charge is 0.244 e. The number of nitrogens with one attached hydrogen (secondary N) is 2. The lowest BCUT2D eigenvalue weighted by atomic mass is 9.77. The van der Waals surface area contributed by atoms with Crippen LogP contribution in [0.3, 0.4) is 0 Å². The predicted molar refractivity (Wildman–Crippen MR) is 175 cm³/mol. The average molecular weight is 622 g/mol. The van der Waals surface area contributed by atoms with Gasteiger partial charge in [0.1, 0.15) is 21.5 Å². The van der Waals surface area contributed by atoms with Crippen LogP contribution >= 0.6 is 0 Å². The fourth-order valence-electron chi connectivity index (χ4n) is 6.31. The number of piperidine rings is 1. The second-order valence-corrected chi connectivity index (χ2v) is 15.1. The molecule has 1 aromatic carbocycles. The summed E-state index contributed by atoms with van der Waals surface area (Å²) in [5.41, 5.74) is 0.788. The highest BCUT2D eigenvalue weighted by atomic mass is 32.2. The number of hydrogen-bond donors (Lipinski definition) is 2. The van der Waals surface area contributed by atoms with E-state index in [4.69, 9.17) is 14.7 Å². The average Bonchev–Trinajstić information content (AvgIpc) is 2.98. The molecule has 2 fully saturated rings. The summed E-state index contributed by atoms with van der Waals surface area (Å²) in [6, 6.07) is 7.85. The number of hydrogen-bond acceptors (Lipinski definition) is 10. The SMILES string of the molecule is C=CC(=O)NC(C)(C)c1ccc(N2CC(CS(C)(=O)=O)C2(C)C)c2cnc(Nc3ccnc(N4CCC(OC)CC4)n3)cc12. The minimum atomic E-state index is -3.11. The summed E-state index contributed by atoms with van der Waals surface area (Å²) in [6.45, 7) is 13.9. The first-order valence-corrected chi connectivity index (χ1v) is 17.0. The first kappa shape index (κ1) is 31.6. The Bertz CT molecular complexity index is 1670. The number of carbonyl (C=O) groups is 1. The van der Waals surface area contributed by atoms with Crippen LogP contribution in [0, 0.1) is 5.92 Å². The van der Waals surface area contributed by atoms with Crippen molar-refractivity contribution in [1.82, 2.24) is 20.3 Å². The van der Waals surface area contributed by atoms with Gasteiger partial charge in [-0.2, -0.15) is 4.98 Å². The number of fused-ring (bicyclic) bond motifs is 1. The van der Waals surface area contributed by atoms with Crippen molar-refractivity contribution in [2.24, 2.45) is 5.92 Å². The molecule has 0 aliphatic carbocycles. The first-order chi connectivity index (χ1) is 20.7. The third-order valence-corrected chi connectivity index (χ3v) is 10.0. The molecule has 1 amide bonds. The maximum Gasteiger partial charge on any atom is 0.244 e. The normalized spacial score (nSPS) is 19.0. The fraction of sp³-hybridized carbons (Fsp3) is 0.500. The Balaban J connectivity index is 1.50. The summed E-state index contributed by atoms with van der Waals surface area (Å²) in [6.07, 6.45) is 8.25. The monoisotopic (exact) mass is 621 g/mol. The molecule has 2 aliphatic rings.